The molecule has 9 heteroatoms. The number of halogens is 1. The molecular weight excluding hydrogens is 466 g/mol. The highest BCUT2D eigenvalue weighted by Crippen LogP contribution is 2.27. The van der Waals surface area contributed by atoms with Crippen molar-refractivity contribution in [2.24, 2.45) is 0 Å². The number of carbonyl (C=O) groups excluding carboxylic acids is 2. The van der Waals surface area contributed by atoms with Gasteiger partial charge in [0, 0.05) is 23.7 Å². The van der Waals surface area contributed by atoms with Crippen LogP contribution in [0.25, 0.3) is 11.0 Å². The molecule has 8 nitrogen and oxygen atoms in total. The van der Waals surface area contributed by atoms with E-state index in [9.17, 15) is 9.59 Å². The summed E-state index contributed by atoms with van der Waals surface area (Å²) < 4.78 is 7.44. The molecule has 2 unspecified atom stereocenters. The number of hydrogen-bond donors (Lipinski definition) is 1. The number of ether oxygens (including phenoxy) is 1. The lowest BCUT2D eigenvalue weighted by Gasteiger charge is -2.35. The number of hydrogen-bond acceptors (Lipinski definition) is 5. The molecule has 1 N–H and O–H groups in total. The Morgan fingerprint density at radius 2 is 1.97 bits per heavy atom. The normalized spacial score (nSPS) is 16.9. The van der Waals surface area contributed by atoms with Crippen molar-refractivity contribution in [2.75, 3.05) is 13.2 Å². The van der Waals surface area contributed by atoms with Crippen LogP contribution in [0.5, 0.6) is 0 Å². The summed E-state index contributed by atoms with van der Waals surface area (Å²) in [5, 5.41) is 12.0. The van der Waals surface area contributed by atoms with Gasteiger partial charge in [0.2, 0.25) is 11.8 Å². The maximum Gasteiger partial charge on any atom is 0.247 e. The maximum atomic E-state index is 13.8. The predicted molar refractivity (Wildman–Crippen MR) is 135 cm³/mol. The zero-order valence-corrected chi connectivity index (χ0v) is 21.2. The van der Waals surface area contributed by atoms with Crippen LogP contribution in [0.15, 0.2) is 48.5 Å². The number of fused-ring (bicyclic) bond motifs is 1. The van der Waals surface area contributed by atoms with E-state index in [2.05, 4.69) is 15.6 Å². The molecule has 2 amide bonds. The fourth-order valence-corrected chi connectivity index (χ4v) is 4.35. The SMILES string of the molecule is CCC(C)(C)NC(=O)C(c1ccc(Cl)cc1)N(CC1CCCO1)C(=O)Cn1nnc2ccccc21. The van der Waals surface area contributed by atoms with Gasteiger partial charge in [-0.15, -0.1) is 5.10 Å². The molecule has 2 heterocycles. The van der Waals surface area contributed by atoms with Crippen LogP contribution in [0.2, 0.25) is 5.02 Å². The Balaban J connectivity index is 1.70. The quantitative estimate of drug-likeness (QED) is 0.480. The standard InChI is InChI=1S/C26H32ClN5O3/c1-4-26(2,3)28-25(34)24(18-11-13-19(27)14-12-18)31(16-20-8-7-15-35-20)23(33)17-32-22-10-6-5-9-21(22)29-30-32/h5-6,9-14,20,24H,4,7-8,15-17H2,1-3H3,(H,28,34). The zero-order valence-electron chi connectivity index (χ0n) is 20.4. The number of nitrogens with one attached hydrogen (secondary N) is 1. The summed E-state index contributed by atoms with van der Waals surface area (Å²) in [5.74, 6) is -0.477. The fourth-order valence-electron chi connectivity index (χ4n) is 4.22. The van der Waals surface area contributed by atoms with Crippen molar-refractivity contribution in [3.8, 4) is 0 Å². The van der Waals surface area contributed by atoms with E-state index in [0.717, 1.165) is 24.8 Å². The molecule has 1 saturated heterocycles. The molecule has 1 fully saturated rings. The van der Waals surface area contributed by atoms with Gasteiger partial charge in [-0.25, -0.2) is 4.68 Å². The third-order valence-corrected chi connectivity index (χ3v) is 6.79. The van der Waals surface area contributed by atoms with Crippen LogP contribution in [0.4, 0.5) is 0 Å². The zero-order chi connectivity index (χ0) is 25.0. The van der Waals surface area contributed by atoms with Gasteiger partial charge in [-0.3, -0.25) is 9.59 Å². The Bertz CT molecular complexity index is 1170. The Morgan fingerprint density at radius 3 is 2.66 bits per heavy atom. The number of benzene rings is 2. The molecule has 1 aliphatic rings. The van der Waals surface area contributed by atoms with E-state index in [-0.39, 0.29) is 24.5 Å². The van der Waals surface area contributed by atoms with Crippen molar-refractivity contribution in [3.63, 3.8) is 0 Å². The molecule has 3 aromatic rings. The molecule has 4 rings (SSSR count). The van der Waals surface area contributed by atoms with Crippen molar-refractivity contribution in [1.82, 2.24) is 25.2 Å². The van der Waals surface area contributed by atoms with Gasteiger partial charge in [-0.2, -0.15) is 0 Å². The lowest BCUT2D eigenvalue weighted by molar-refractivity contribution is -0.144. The molecule has 2 atom stereocenters. The highest BCUT2D eigenvalue weighted by molar-refractivity contribution is 6.30. The van der Waals surface area contributed by atoms with E-state index in [4.69, 9.17) is 16.3 Å². The molecule has 0 radical (unpaired) electrons. The van der Waals surface area contributed by atoms with Crippen molar-refractivity contribution in [2.45, 2.75) is 64.3 Å². The topological polar surface area (TPSA) is 89.4 Å². The highest BCUT2D eigenvalue weighted by atomic mass is 35.5. The van der Waals surface area contributed by atoms with Crippen molar-refractivity contribution >= 4 is 34.4 Å². The predicted octanol–water partition coefficient (Wildman–Crippen LogP) is 4.14. The monoisotopic (exact) mass is 497 g/mol. The summed E-state index contributed by atoms with van der Waals surface area (Å²) >= 11 is 6.14. The number of carbonyl (C=O) groups is 2. The highest BCUT2D eigenvalue weighted by Gasteiger charge is 2.36. The van der Waals surface area contributed by atoms with Gasteiger partial charge in [0.25, 0.3) is 0 Å². The Hall–Kier alpha value is -2.97. The van der Waals surface area contributed by atoms with Crippen molar-refractivity contribution in [1.29, 1.82) is 0 Å². The fraction of sp³-hybridized carbons (Fsp3) is 0.462. The van der Waals surface area contributed by atoms with Gasteiger partial charge in [0.05, 0.1) is 11.6 Å². The first kappa shape index (κ1) is 25.1. The van der Waals surface area contributed by atoms with Gasteiger partial charge in [-0.1, -0.05) is 48.0 Å². The molecule has 35 heavy (non-hydrogen) atoms. The number of nitrogens with zero attached hydrogens (tertiary/aromatic N) is 4. The van der Waals surface area contributed by atoms with E-state index < -0.39 is 11.6 Å². The summed E-state index contributed by atoms with van der Waals surface area (Å²) in [6.45, 7) is 6.87. The third-order valence-electron chi connectivity index (χ3n) is 6.54. The average molecular weight is 498 g/mol. The lowest BCUT2D eigenvalue weighted by Crippen LogP contribution is -2.52. The first-order chi connectivity index (χ1) is 16.8. The van der Waals surface area contributed by atoms with Gasteiger partial charge < -0.3 is 15.0 Å². The number of amides is 2. The van der Waals surface area contributed by atoms with E-state index in [1.165, 1.54) is 0 Å². The third kappa shape index (κ3) is 6.00. The Labute approximate surface area is 210 Å². The largest absolute Gasteiger partial charge is 0.376 e. The van der Waals surface area contributed by atoms with Crippen LogP contribution in [-0.2, 0) is 20.9 Å². The van der Waals surface area contributed by atoms with E-state index in [1.807, 2.05) is 45.0 Å². The average Bonchev–Trinajstić information content (AvgIpc) is 3.50. The van der Waals surface area contributed by atoms with Crippen LogP contribution in [0, 0.1) is 0 Å². The van der Waals surface area contributed by atoms with Crippen LogP contribution < -0.4 is 5.32 Å². The molecule has 0 saturated carbocycles. The van der Waals surface area contributed by atoms with Crippen LogP contribution in [0.1, 0.15) is 51.6 Å². The second-order valence-electron chi connectivity index (χ2n) is 9.60. The molecule has 0 bridgehead atoms. The minimum atomic E-state index is -0.843. The molecular formula is C26H32ClN5O3. The van der Waals surface area contributed by atoms with Crippen LogP contribution >= 0.6 is 11.6 Å². The molecule has 2 aromatic carbocycles. The summed E-state index contributed by atoms with van der Waals surface area (Å²) in [6.07, 6.45) is 2.39. The minimum absolute atomic E-state index is 0.0399. The number of para-hydroxylation sites is 1. The summed E-state index contributed by atoms with van der Waals surface area (Å²) in [6, 6.07) is 13.7. The van der Waals surface area contributed by atoms with E-state index >= 15 is 0 Å². The second-order valence-corrected chi connectivity index (χ2v) is 10.0. The Morgan fingerprint density at radius 1 is 1.23 bits per heavy atom. The van der Waals surface area contributed by atoms with E-state index in [0.29, 0.717) is 29.3 Å². The van der Waals surface area contributed by atoms with Gasteiger partial charge in [0.1, 0.15) is 18.1 Å². The van der Waals surface area contributed by atoms with Gasteiger partial charge in [-0.05, 0) is 62.9 Å². The minimum Gasteiger partial charge on any atom is -0.376 e. The van der Waals surface area contributed by atoms with Crippen LogP contribution in [0.3, 0.4) is 0 Å². The van der Waals surface area contributed by atoms with Crippen molar-refractivity contribution < 1.29 is 14.3 Å². The lowest BCUT2D eigenvalue weighted by atomic mass is 9.98. The summed E-state index contributed by atoms with van der Waals surface area (Å²) in [7, 11) is 0. The summed E-state index contributed by atoms with van der Waals surface area (Å²) in [5.41, 5.74) is 1.73. The van der Waals surface area contributed by atoms with Crippen LogP contribution in [-0.4, -0.2) is 56.5 Å². The molecule has 0 aliphatic carbocycles. The number of aromatic nitrogens is 3. The van der Waals surface area contributed by atoms with Crippen molar-refractivity contribution in [3.05, 3.63) is 59.1 Å². The number of rotatable bonds is 9. The smallest absolute Gasteiger partial charge is 0.247 e. The first-order valence-electron chi connectivity index (χ1n) is 12.0. The molecule has 1 aromatic heterocycles. The molecule has 186 valence electrons. The van der Waals surface area contributed by atoms with Gasteiger partial charge in [0.15, 0.2) is 0 Å². The molecule has 0 spiro atoms. The van der Waals surface area contributed by atoms with Gasteiger partial charge >= 0.3 is 0 Å². The summed E-state index contributed by atoms with van der Waals surface area (Å²) in [4.78, 5) is 29.2. The van der Waals surface area contributed by atoms with E-state index in [1.54, 1.807) is 33.8 Å². The molecule has 1 aliphatic heterocycles. The Kier molecular flexibility index (Phi) is 7.72. The maximum absolute atomic E-state index is 13.8. The second kappa shape index (κ2) is 10.7. The first-order valence-corrected chi connectivity index (χ1v) is 12.4.